The summed E-state index contributed by atoms with van der Waals surface area (Å²) in [4.78, 5) is 28.6. The van der Waals surface area contributed by atoms with Gasteiger partial charge in [-0.3, -0.25) is 9.69 Å². The Morgan fingerprint density at radius 2 is 2.00 bits per heavy atom. The molecule has 1 aromatic carbocycles. The van der Waals surface area contributed by atoms with Crippen LogP contribution in [0, 0.1) is 0 Å². The summed E-state index contributed by atoms with van der Waals surface area (Å²) < 4.78 is 5.47. The molecule has 1 aromatic rings. The van der Waals surface area contributed by atoms with Gasteiger partial charge in [-0.15, -0.1) is 0 Å². The van der Waals surface area contributed by atoms with E-state index in [-0.39, 0.29) is 17.2 Å². The topological polar surface area (TPSA) is 102 Å². The number of amides is 1. The lowest BCUT2D eigenvalue weighted by molar-refractivity contribution is -0.135. The van der Waals surface area contributed by atoms with Crippen LogP contribution in [0.15, 0.2) is 18.2 Å². The molecule has 0 radical (unpaired) electrons. The maximum Gasteiger partial charge on any atom is 0.547 e. The number of likely N-dealkylation sites (tertiary alicyclic amines) is 1. The first kappa shape index (κ1) is 19.7. The minimum absolute atomic E-state index is 0.0106. The highest BCUT2D eigenvalue weighted by molar-refractivity contribution is 6.47. The predicted octanol–water partition coefficient (Wildman–Crippen LogP) is -0.150. The van der Waals surface area contributed by atoms with Crippen LogP contribution in [0.4, 0.5) is 0 Å². The Kier molecular flexibility index (Phi) is 5.46. The van der Waals surface area contributed by atoms with Gasteiger partial charge in [-0.2, -0.15) is 0 Å². The van der Waals surface area contributed by atoms with Crippen molar-refractivity contribution in [3.63, 3.8) is 0 Å². The molecule has 1 saturated heterocycles. The molecule has 2 aliphatic heterocycles. The predicted molar refractivity (Wildman–Crippen MR) is 101 cm³/mol. The molecule has 146 valence electrons. The van der Waals surface area contributed by atoms with Gasteiger partial charge in [0.25, 0.3) is 0 Å². The van der Waals surface area contributed by atoms with Gasteiger partial charge in [0.2, 0.25) is 5.91 Å². The molecule has 9 heteroatoms. The van der Waals surface area contributed by atoms with Gasteiger partial charge in [-0.05, 0) is 52.0 Å². The third-order valence-corrected chi connectivity index (χ3v) is 5.76. The average Bonchev–Trinajstić information content (AvgIpc) is 2.62. The van der Waals surface area contributed by atoms with Gasteiger partial charge in [-0.1, -0.05) is 12.1 Å². The van der Waals surface area contributed by atoms with Gasteiger partial charge in [-0.25, -0.2) is 4.79 Å². The monoisotopic (exact) mass is 375 g/mol. The summed E-state index contributed by atoms with van der Waals surface area (Å²) in [5, 5.41) is 22.6. The lowest BCUT2D eigenvalue weighted by Gasteiger charge is -2.44. The number of rotatable bonds is 4. The molecule has 0 aromatic heterocycles. The zero-order valence-electron chi connectivity index (χ0n) is 15.9. The number of benzene rings is 1. The molecule has 3 rings (SSSR count). The summed E-state index contributed by atoms with van der Waals surface area (Å²) in [6.45, 7) is 1.64. The second-order valence-corrected chi connectivity index (χ2v) is 7.62. The van der Waals surface area contributed by atoms with Crippen LogP contribution in [0.25, 0.3) is 0 Å². The van der Waals surface area contributed by atoms with E-state index in [1.54, 1.807) is 12.1 Å². The van der Waals surface area contributed by atoms with Gasteiger partial charge in [0, 0.05) is 13.1 Å². The highest BCUT2D eigenvalue weighted by Crippen LogP contribution is 2.31. The van der Waals surface area contributed by atoms with E-state index in [1.807, 2.05) is 26.0 Å². The summed E-state index contributed by atoms with van der Waals surface area (Å²) in [5.74, 6) is -1.71. The van der Waals surface area contributed by atoms with Crippen LogP contribution in [0.1, 0.15) is 28.8 Å². The fourth-order valence-electron chi connectivity index (χ4n) is 3.88. The first-order valence-corrected chi connectivity index (χ1v) is 9.11. The molecule has 2 aliphatic rings. The fraction of sp³-hybridized carbons (Fsp3) is 0.556. The zero-order chi connectivity index (χ0) is 19.8. The number of carbonyl (C=O) groups excluding carboxylic acids is 1. The Morgan fingerprint density at radius 1 is 1.33 bits per heavy atom. The highest BCUT2D eigenvalue weighted by Gasteiger charge is 2.46. The molecule has 1 atom stereocenters. The zero-order valence-corrected chi connectivity index (χ0v) is 15.9. The molecule has 0 spiro atoms. The lowest BCUT2D eigenvalue weighted by Crippen LogP contribution is -2.64. The van der Waals surface area contributed by atoms with Crippen LogP contribution in [-0.2, 0) is 11.2 Å². The minimum atomic E-state index is -1.30. The molecule has 3 N–H and O–H groups in total. The van der Waals surface area contributed by atoms with Crippen molar-refractivity contribution in [2.75, 3.05) is 34.2 Å². The van der Waals surface area contributed by atoms with Crippen molar-refractivity contribution in [1.82, 2.24) is 15.1 Å². The number of piperidine rings is 1. The van der Waals surface area contributed by atoms with Crippen molar-refractivity contribution in [2.24, 2.45) is 0 Å². The molecular formula is C18H26BN3O5. The van der Waals surface area contributed by atoms with E-state index < -0.39 is 24.6 Å². The van der Waals surface area contributed by atoms with E-state index in [1.165, 1.54) is 6.07 Å². The summed E-state index contributed by atoms with van der Waals surface area (Å²) in [7, 11) is 4.53. The summed E-state index contributed by atoms with van der Waals surface area (Å²) in [6.07, 6.45) is 1.71. The SMILES string of the molecule is CN1CCC(C(=O)N[C@H]2Cc3cccc(C(=O)O)c3OB2O)(N(C)C)CC1. The minimum Gasteiger partial charge on any atom is -0.534 e. The lowest BCUT2D eigenvalue weighted by atomic mass is 9.71. The van der Waals surface area contributed by atoms with Gasteiger partial charge >= 0.3 is 13.1 Å². The second-order valence-electron chi connectivity index (χ2n) is 7.62. The number of fused-ring (bicyclic) bond motifs is 1. The highest BCUT2D eigenvalue weighted by atomic mass is 16.5. The van der Waals surface area contributed by atoms with Crippen molar-refractivity contribution < 1.29 is 24.4 Å². The standard InChI is InChI=1S/C18H26BN3O5/c1-21(2)18(7-9-22(3)10-8-18)17(25)20-14-11-12-5-4-6-13(16(23)24)15(12)27-19(14)26/h4-6,14,26H,7-11H2,1-3H3,(H,20,25)(H,23,24)/t14-/m0/s1. The van der Waals surface area contributed by atoms with Gasteiger partial charge in [0.15, 0.2) is 0 Å². The molecule has 0 bridgehead atoms. The van der Waals surface area contributed by atoms with E-state index in [2.05, 4.69) is 10.2 Å². The Bertz CT molecular complexity index is 734. The molecule has 27 heavy (non-hydrogen) atoms. The average molecular weight is 375 g/mol. The normalized spacial score (nSPS) is 22.1. The molecule has 0 unspecified atom stereocenters. The van der Waals surface area contributed by atoms with Crippen LogP contribution in [0.2, 0.25) is 0 Å². The van der Waals surface area contributed by atoms with E-state index in [4.69, 9.17) is 4.65 Å². The van der Waals surface area contributed by atoms with Crippen LogP contribution < -0.4 is 9.97 Å². The van der Waals surface area contributed by atoms with E-state index in [0.717, 1.165) is 13.1 Å². The van der Waals surface area contributed by atoms with E-state index in [9.17, 15) is 19.7 Å². The number of likely N-dealkylation sites (N-methyl/N-ethyl adjacent to an activating group) is 1. The van der Waals surface area contributed by atoms with Gasteiger partial charge < -0.3 is 25.0 Å². The fourth-order valence-corrected chi connectivity index (χ4v) is 3.88. The van der Waals surface area contributed by atoms with Crippen LogP contribution in [-0.4, -0.2) is 84.6 Å². The molecule has 2 heterocycles. The molecule has 0 aliphatic carbocycles. The van der Waals surface area contributed by atoms with Gasteiger partial charge in [0.1, 0.15) is 11.3 Å². The maximum atomic E-state index is 13.1. The van der Waals surface area contributed by atoms with Crippen LogP contribution >= 0.6 is 0 Å². The van der Waals surface area contributed by atoms with Crippen molar-refractivity contribution >= 4 is 19.0 Å². The van der Waals surface area contributed by atoms with Crippen molar-refractivity contribution in [2.45, 2.75) is 30.7 Å². The molecule has 8 nitrogen and oxygen atoms in total. The number of aromatic carboxylic acids is 1. The van der Waals surface area contributed by atoms with Crippen LogP contribution in [0.3, 0.4) is 0 Å². The van der Waals surface area contributed by atoms with Crippen molar-refractivity contribution in [1.29, 1.82) is 0 Å². The Hall–Kier alpha value is -2.10. The van der Waals surface area contributed by atoms with E-state index >= 15 is 0 Å². The van der Waals surface area contributed by atoms with Gasteiger partial charge in [0.05, 0.1) is 11.5 Å². The Labute approximate surface area is 159 Å². The molecule has 0 saturated carbocycles. The number of nitrogens with zero attached hydrogens (tertiary/aromatic N) is 2. The number of hydrogen-bond acceptors (Lipinski definition) is 6. The van der Waals surface area contributed by atoms with Crippen molar-refractivity contribution in [3.8, 4) is 5.75 Å². The first-order chi connectivity index (χ1) is 12.7. The number of hydrogen-bond donors (Lipinski definition) is 3. The third kappa shape index (κ3) is 3.67. The third-order valence-electron chi connectivity index (χ3n) is 5.76. The number of carbonyl (C=O) groups is 2. The Morgan fingerprint density at radius 3 is 2.59 bits per heavy atom. The summed E-state index contributed by atoms with van der Waals surface area (Å²) in [6, 6.07) is 4.83. The van der Waals surface area contributed by atoms with E-state index in [0.29, 0.717) is 24.8 Å². The second kappa shape index (κ2) is 7.50. The maximum absolute atomic E-state index is 13.1. The Balaban J connectivity index is 1.79. The van der Waals surface area contributed by atoms with Crippen molar-refractivity contribution in [3.05, 3.63) is 29.3 Å². The number of nitrogens with one attached hydrogen (secondary N) is 1. The largest absolute Gasteiger partial charge is 0.547 e. The first-order valence-electron chi connectivity index (χ1n) is 9.11. The number of carboxylic acids is 1. The smallest absolute Gasteiger partial charge is 0.534 e. The number of para-hydroxylation sites is 1. The molecule has 1 fully saturated rings. The number of carboxylic acid groups (broad SMARTS) is 1. The van der Waals surface area contributed by atoms with Crippen LogP contribution in [0.5, 0.6) is 5.75 Å². The molecular weight excluding hydrogens is 349 g/mol. The molecule has 1 amide bonds. The summed E-state index contributed by atoms with van der Waals surface area (Å²) >= 11 is 0. The quantitative estimate of drug-likeness (QED) is 0.629. The summed E-state index contributed by atoms with van der Waals surface area (Å²) in [5.41, 5.74) is 0.0410.